The van der Waals surface area contributed by atoms with Crippen LogP contribution in [0.25, 0.3) is 44.5 Å². The summed E-state index contributed by atoms with van der Waals surface area (Å²) >= 11 is 0. The van der Waals surface area contributed by atoms with E-state index >= 15 is 0 Å². The number of hydrogen-bond acceptors (Lipinski definition) is 3. The zero-order valence-electron chi connectivity index (χ0n) is 19.5. The van der Waals surface area contributed by atoms with Crippen LogP contribution in [0, 0.1) is 12.1 Å². The number of hydrogen-bond donors (Lipinski definition) is 0. The Morgan fingerprint density at radius 3 is 2.26 bits per heavy atom. The van der Waals surface area contributed by atoms with E-state index in [0.29, 0.717) is 5.92 Å². The van der Waals surface area contributed by atoms with Crippen LogP contribution in [0.15, 0.2) is 108 Å². The number of furan rings is 1. The summed E-state index contributed by atoms with van der Waals surface area (Å²) in [6.07, 6.45) is 3.73. The van der Waals surface area contributed by atoms with Crippen molar-refractivity contribution in [3.8, 4) is 22.5 Å². The van der Waals surface area contributed by atoms with E-state index in [1.807, 2.05) is 79.0 Å². The Kier molecular flexibility index (Phi) is 7.87. The van der Waals surface area contributed by atoms with Crippen LogP contribution in [-0.4, -0.2) is 9.97 Å². The molecule has 3 aromatic carbocycles. The molecule has 3 heterocycles. The maximum absolute atomic E-state index is 5.97. The normalized spacial score (nSPS) is 10.6. The second-order valence-corrected chi connectivity index (χ2v) is 8.32. The van der Waals surface area contributed by atoms with Crippen molar-refractivity contribution in [1.82, 2.24) is 9.97 Å². The molecule has 1 radical (unpaired) electrons. The van der Waals surface area contributed by atoms with Gasteiger partial charge in [0.2, 0.25) is 0 Å². The summed E-state index contributed by atoms with van der Waals surface area (Å²) in [6.45, 7) is 4.34. The second-order valence-electron chi connectivity index (χ2n) is 8.32. The molecular weight excluding hydrogens is 609 g/mol. The molecule has 0 saturated carbocycles. The molecule has 3 nitrogen and oxygen atoms in total. The van der Waals surface area contributed by atoms with E-state index in [4.69, 9.17) is 4.42 Å². The fraction of sp³-hybridized carbons (Fsp3) is 0.0968. The molecule has 0 aliphatic rings. The van der Waals surface area contributed by atoms with E-state index < -0.39 is 0 Å². The van der Waals surface area contributed by atoms with Gasteiger partial charge in [-0.2, -0.15) is 0 Å². The molecule has 0 aliphatic heterocycles. The predicted molar refractivity (Wildman–Crippen MR) is 138 cm³/mol. The number of benzene rings is 3. The average Bonchev–Trinajstić information content (AvgIpc) is 3.29. The number of aromatic nitrogens is 2. The van der Waals surface area contributed by atoms with Crippen LogP contribution in [0.4, 0.5) is 0 Å². The summed E-state index contributed by atoms with van der Waals surface area (Å²) in [4.78, 5) is 8.82. The molecule has 3 aromatic heterocycles. The first-order valence-electron chi connectivity index (χ1n) is 11.4. The fourth-order valence-electron chi connectivity index (χ4n) is 3.85. The van der Waals surface area contributed by atoms with E-state index in [0.717, 1.165) is 44.5 Å². The zero-order valence-corrected chi connectivity index (χ0v) is 21.9. The van der Waals surface area contributed by atoms with E-state index in [9.17, 15) is 0 Å². The van der Waals surface area contributed by atoms with Gasteiger partial charge in [0, 0.05) is 37.9 Å². The molecule has 6 rings (SSSR count). The molecular formula is C31H24IrN2O-2. The van der Waals surface area contributed by atoms with Crippen LogP contribution in [-0.2, 0) is 20.1 Å². The van der Waals surface area contributed by atoms with Gasteiger partial charge in [0.15, 0.2) is 0 Å². The maximum atomic E-state index is 5.97. The SMILES string of the molecule is CC(C)c1ccc(-c2[c-]cccc2)nc1.[Ir].[c-]1ccc2c(oc3ccccc32)c1-c1ccccn1. The molecule has 0 spiro atoms. The molecule has 0 atom stereocenters. The number of nitrogens with zero attached hydrogens (tertiary/aromatic N) is 2. The Hall–Kier alpha value is -3.59. The van der Waals surface area contributed by atoms with Gasteiger partial charge >= 0.3 is 0 Å². The molecule has 0 amide bonds. The number of rotatable bonds is 3. The van der Waals surface area contributed by atoms with Gasteiger partial charge in [-0.15, -0.1) is 54.1 Å². The van der Waals surface area contributed by atoms with Crippen molar-refractivity contribution in [2.75, 3.05) is 0 Å². The van der Waals surface area contributed by atoms with E-state index in [2.05, 4.69) is 54.1 Å². The van der Waals surface area contributed by atoms with Crippen LogP contribution in [0.1, 0.15) is 25.3 Å². The minimum Gasteiger partial charge on any atom is -0.501 e. The molecule has 4 heteroatoms. The van der Waals surface area contributed by atoms with Crippen molar-refractivity contribution in [1.29, 1.82) is 0 Å². The quantitative estimate of drug-likeness (QED) is 0.185. The zero-order chi connectivity index (χ0) is 23.3. The Morgan fingerprint density at radius 1 is 0.714 bits per heavy atom. The second kappa shape index (κ2) is 11.2. The first-order valence-corrected chi connectivity index (χ1v) is 11.4. The molecule has 35 heavy (non-hydrogen) atoms. The van der Waals surface area contributed by atoms with Gasteiger partial charge in [-0.05, 0) is 35.0 Å². The Morgan fingerprint density at radius 2 is 1.54 bits per heavy atom. The Balaban J connectivity index is 0.000000165. The van der Waals surface area contributed by atoms with Crippen LogP contribution >= 0.6 is 0 Å². The summed E-state index contributed by atoms with van der Waals surface area (Å²) in [6, 6.07) is 36.4. The molecule has 0 bridgehead atoms. The first-order chi connectivity index (χ1) is 16.7. The van der Waals surface area contributed by atoms with Crippen LogP contribution in [0.5, 0.6) is 0 Å². The first kappa shape index (κ1) is 24.5. The van der Waals surface area contributed by atoms with Crippen molar-refractivity contribution >= 4 is 21.9 Å². The average molecular weight is 633 g/mol. The number of pyridine rings is 2. The molecule has 0 aliphatic carbocycles. The summed E-state index contributed by atoms with van der Waals surface area (Å²) < 4.78 is 5.97. The smallest absolute Gasteiger partial charge is 0.120 e. The molecule has 0 fully saturated rings. The van der Waals surface area contributed by atoms with Crippen molar-refractivity contribution in [2.24, 2.45) is 0 Å². The van der Waals surface area contributed by atoms with Gasteiger partial charge in [0.25, 0.3) is 0 Å². The van der Waals surface area contributed by atoms with Crippen molar-refractivity contribution < 1.29 is 24.5 Å². The van der Waals surface area contributed by atoms with Crippen LogP contribution in [0.3, 0.4) is 0 Å². The maximum Gasteiger partial charge on any atom is 0.120 e. The van der Waals surface area contributed by atoms with Crippen molar-refractivity contribution in [3.63, 3.8) is 0 Å². The third-order valence-corrected chi connectivity index (χ3v) is 5.70. The van der Waals surface area contributed by atoms with Crippen LogP contribution in [0.2, 0.25) is 0 Å². The largest absolute Gasteiger partial charge is 0.501 e. The third-order valence-electron chi connectivity index (χ3n) is 5.70. The van der Waals surface area contributed by atoms with E-state index in [-0.39, 0.29) is 20.1 Å². The summed E-state index contributed by atoms with van der Waals surface area (Å²) in [5.74, 6) is 0.534. The molecule has 0 saturated heterocycles. The minimum atomic E-state index is 0. The number of para-hydroxylation sites is 1. The Labute approximate surface area is 219 Å². The van der Waals surface area contributed by atoms with Crippen LogP contribution < -0.4 is 0 Å². The van der Waals surface area contributed by atoms with Crippen molar-refractivity contribution in [3.05, 3.63) is 121 Å². The van der Waals surface area contributed by atoms with Gasteiger partial charge in [-0.25, -0.2) is 0 Å². The van der Waals surface area contributed by atoms with E-state index in [1.165, 1.54) is 5.56 Å². The summed E-state index contributed by atoms with van der Waals surface area (Å²) in [5, 5.41) is 2.23. The van der Waals surface area contributed by atoms with Gasteiger partial charge in [-0.3, -0.25) is 0 Å². The third kappa shape index (κ3) is 5.40. The topological polar surface area (TPSA) is 38.9 Å². The fourth-order valence-corrected chi connectivity index (χ4v) is 3.85. The molecule has 0 unspecified atom stereocenters. The monoisotopic (exact) mass is 633 g/mol. The summed E-state index contributed by atoms with van der Waals surface area (Å²) in [7, 11) is 0. The molecule has 6 aromatic rings. The van der Waals surface area contributed by atoms with E-state index in [1.54, 1.807) is 6.20 Å². The molecule has 175 valence electrons. The van der Waals surface area contributed by atoms with Crippen molar-refractivity contribution in [2.45, 2.75) is 19.8 Å². The predicted octanol–water partition coefficient (Wildman–Crippen LogP) is 8.12. The number of fused-ring (bicyclic) bond motifs is 3. The summed E-state index contributed by atoms with van der Waals surface area (Å²) in [5.41, 5.74) is 6.85. The minimum absolute atomic E-state index is 0. The standard InChI is InChI=1S/C17H10NO.C14H14N.Ir/c1-2-10-16-12(6-1)13-7-5-8-14(17(13)19-16)15-9-3-4-11-18-15;1-11(2)13-8-9-14(15-10-13)12-6-4-3-5-7-12;/h1-7,9-11H;3-6,8-11H,1-2H3;/q2*-1;. The van der Waals surface area contributed by atoms with Gasteiger partial charge in [0.05, 0.1) is 5.58 Å². The van der Waals surface area contributed by atoms with Gasteiger partial charge < -0.3 is 14.4 Å². The van der Waals surface area contributed by atoms with Gasteiger partial charge in [-0.1, -0.05) is 67.3 Å². The Bertz CT molecular complexity index is 1510. The molecule has 0 N–H and O–H groups in total. The van der Waals surface area contributed by atoms with Gasteiger partial charge in [0.1, 0.15) is 5.58 Å².